The Morgan fingerprint density at radius 3 is 1.78 bits per heavy atom. The first-order chi connectivity index (χ1) is 3.71. The fourth-order valence-electron chi connectivity index (χ4n) is 0.244. The van der Waals surface area contributed by atoms with E-state index in [4.69, 9.17) is 14.8 Å². The molecule has 0 heterocycles. The summed E-state index contributed by atoms with van der Waals surface area (Å²) < 4.78 is 28.5. The van der Waals surface area contributed by atoms with E-state index >= 15 is 0 Å². The van der Waals surface area contributed by atoms with Gasteiger partial charge in [0.05, 0.1) is 0 Å². The van der Waals surface area contributed by atoms with Gasteiger partial charge < -0.3 is 10.2 Å². The molecule has 9 heavy (non-hydrogen) atoms. The standard InChI is InChI=1S/C2H7NO5S/c1-2(4,5)3-9(6,7)8/h3-5H,1H3,(H,6,7,8). The Balaban J connectivity index is 4.07. The van der Waals surface area contributed by atoms with Crippen LogP contribution in [0.2, 0.25) is 0 Å². The van der Waals surface area contributed by atoms with Gasteiger partial charge in [-0.25, -0.2) is 0 Å². The fraction of sp³-hybridized carbons (Fsp3) is 1.00. The molecule has 0 aromatic carbocycles. The van der Waals surface area contributed by atoms with Crippen LogP contribution < -0.4 is 4.72 Å². The highest BCUT2D eigenvalue weighted by Gasteiger charge is 2.20. The van der Waals surface area contributed by atoms with E-state index in [2.05, 4.69) is 0 Å². The summed E-state index contributed by atoms with van der Waals surface area (Å²) in [5, 5.41) is 16.5. The van der Waals surface area contributed by atoms with E-state index in [-0.39, 0.29) is 0 Å². The first-order valence-electron chi connectivity index (χ1n) is 1.92. The predicted molar refractivity (Wildman–Crippen MR) is 27.5 cm³/mol. The molecule has 7 heteroatoms. The monoisotopic (exact) mass is 157 g/mol. The van der Waals surface area contributed by atoms with Crippen LogP contribution in [0, 0.1) is 0 Å². The Kier molecular flexibility index (Phi) is 2.14. The van der Waals surface area contributed by atoms with Crippen LogP contribution >= 0.6 is 0 Å². The molecule has 0 amide bonds. The molecule has 0 saturated heterocycles. The summed E-state index contributed by atoms with van der Waals surface area (Å²) in [7, 11) is -4.53. The Hall–Kier alpha value is -0.210. The molecule has 0 aromatic rings. The third-order valence-corrected chi connectivity index (χ3v) is 0.967. The lowest BCUT2D eigenvalue weighted by atomic mass is 10.6. The van der Waals surface area contributed by atoms with Gasteiger partial charge in [0.1, 0.15) is 0 Å². The molecule has 0 unspecified atom stereocenters. The van der Waals surface area contributed by atoms with Gasteiger partial charge in [0.2, 0.25) is 5.91 Å². The Labute approximate surface area is 52.0 Å². The molecule has 0 atom stereocenters. The highest BCUT2D eigenvalue weighted by molar-refractivity contribution is 7.83. The molecule has 6 nitrogen and oxygen atoms in total. The maximum Gasteiger partial charge on any atom is 0.337 e. The molecule has 0 spiro atoms. The molecular formula is C2H7NO5S. The molecular weight excluding hydrogens is 150 g/mol. The first-order valence-corrected chi connectivity index (χ1v) is 3.36. The molecule has 0 bridgehead atoms. The van der Waals surface area contributed by atoms with Gasteiger partial charge in [0.25, 0.3) is 0 Å². The van der Waals surface area contributed by atoms with Gasteiger partial charge in [-0.15, -0.1) is 4.72 Å². The Morgan fingerprint density at radius 2 is 1.78 bits per heavy atom. The molecule has 0 fully saturated rings. The lowest BCUT2D eigenvalue weighted by Gasteiger charge is -2.13. The van der Waals surface area contributed by atoms with Crippen molar-refractivity contribution in [2.24, 2.45) is 0 Å². The second-order valence-electron chi connectivity index (χ2n) is 1.60. The minimum absolute atomic E-state index is 0.751. The van der Waals surface area contributed by atoms with Gasteiger partial charge >= 0.3 is 10.3 Å². The van der Waals surface area contributed by atoms with E-state index in [0.29, 0.717) is 0 Å². The minimum atomic E-state index is -4.53. The molecule has 0 rings (SSSR count). The normalized spacial score (nSPS) is 13.8. The minimum Gasteiger partial charge on any atom is -0.353 e. The smallest absolute Gasteiger partial charge is 0.337 e. The van der Waals surface area contributed by atoms with Crippen LogP contribution in [0.4, 0.5) is 0 Å². The largest absolute Gasteiger partial charge is 0.353 e. The van der Waals surface area contributed by atoms with Crippen molar-refractivity contribution in [1.82, 2.24) is 4.72 Å². The van der Waals surface area contributed by atoms with Gasteiger partial charge in [-0.3, -0.25) is 4.55 Å². The third-order valence-electron chi connectivity index (χ3n) is 0.322. The van der Waals surface area contributed by atoms with Crippen LogP contribution in [0.1, 0.15) is 6.92 Å². The molecule has 0 radical (unpaired) electrons. The van der Waals surface area contributed by atoms with Crippen molar-refractivity contribution >= 4 is 10.3 Å². The summed E-state index contributed by atoms with van der Waals surface area (Å²) in [6.07, 6.45) is 0. The van der Waals surface area contributed by atoms with E-state index < -0.39 is 16.2 Å². The zero-order valence-electron chi connectivity index (χ0n) is 4.57. The summed E-state index contributed by atoms with van der Waals surface area (Å²) >= 11 is 0. The Morgan fingerprint density at radius 1 is 1.44 bits per heavy atom. The van der Waals surface area contributed by atoms with Crippen molar-refractivity contribution in [3.8, 4) is 0 Å². The van der Waals surface area contributed by atoms with Crippen LogP contribution in [0.5, 0.6) is 0 Å². The van der Waals surface area contributed by atoms with Gasteiger partial charge in [0, 0.05) is 6.92 Å². The summed E-state index contributed by atoms with van der Waals surface area (Å²) in [4.78, 5) is 0. The molecule has 0 aliphatic rings. The fourth-order valence-corrected chi connectivity index (χ4v) is 0.733. The van der Waals surface area contributed by atoms with Crippen LogP contribution in [0.15, 0.2) is 0 Å². The van der Waals surface area contributed by atoms with E-state index in [1.807, 2.05) is 0 Å². The van der Waals surface area contributed by atoms with E-state index in [9.17, 15) is 8.42 Å². The number of aliphatic hydroxyl groups is 2. The number of hydrogen-bond donors (Lipinski definition) is 4. The summed E-state index contributed by atoms with van der Waals surface area (Å²) in [5.41, 5.74) is 0. The van der Waals surface area contributed by atoms with Crippen LogP contribution in [0.3, 0.4) is 0 Å². The summed E-state index contributed by atoms with van der Waals surface area (Å²) in [5.74, 6) is -2.60. The van der Waals surface area contributed by atoms with Gasteiger partial charge in [-0.1, -0.05) is 0 Å². The SMILES string of the molecule is CC(O)(O)NS(=O)(=O)O. The van der Waals surface area contributed by atoms with E-state index in [1.54, 1.807) is 0 Å². The van der Waals surface area contributed by atoms with Gasteiger partial charge in [-0.05, 0) is 0 Å². The summed E-state index contributed by atoms with van der Waals surface area (Å²) in [6.45, 7) is 0.751. The van der Waals surface area contributed by atoms with Crippen molar-refractivity contribution in [3.63, 3.8) is 0 Å². The average molecular weight is 157 g/mol. The number of nitrogens with one attached hydrogen (secondary N) is 1. The lowest BCUT2D eigenvalue weighted by molar-refractivity contribution is -0.153. The van der Waals surface area contributed by atoms with Gasteiger partial charge in [-0.2, -0.15) is 8.42 Å². The van der Waals surface area contributed by atoms with Crippen molar-refractivity contribution in [3.05, 3.63) is 0 Å². The highest BCUT2D eigenvalue weighted by Crippen LogP contribution is 1.90. The Bertz CT molecular complexity index is 176. The second-order valence-corrected chi connectivity index (χ2v) is 2.75. The maximum atomic E-state index is 9.77. The lowest BCUT2D eigenvalue weighted by Crippen LogP contribution is -2.45. The maximum absolute atomic E-state index is 9.77. The molecule has 56 valence electrons. The van der Waals surface area contributed by atoms with Crippen molar-refractivity contribution in [2.45, 2.75) is 12.8 Å². The average Bonchev–Trinajstić information content (AvgIpc) is 1.14. The quantitative estimate of drug-likeness (QED) is 0.275. The van der Waals surface area contributed by atoms with E-state index in [1.165, 1.54) is 0 Å². The topological polar surface area (TPSA) is 107 Å². The molecule has 0 aliphatic carbocycles. The third kappa shape index (κ3) is 7.79. The van der Waals surface area contributed by atoms with Crippen LogP contribution in [-0.4, -0.2) is 29.1 Å². The first kappa shape index (κ1) is 8.79. The number of hydrogen-bond acceptors (Lipinski definition) is 4. The highest BCUT2D eigenvalue weighted by atomic mass is 32.2. The zero-order valence-corrected chi connectivity index (χ0v) is 5.38. The van der Waals surface area contributed by atoms with Crippen LogP contribution in [-0.2, 0) is 10.3 Å². The van der Waals surface area contributed by atoms with Gasteiger partial charge in [0.15, 0.2) is 0 Å². The molecule has 0 saturated carbocycles. The molecule has 0 aliphatic heterocycles. The second kappa shape index (κ2) is 2.20. The van der Waals surface area contributed by atoms with E-state index in [0.717, 1.165) is 11.6 Å². The van der Waals surface area contributed by atoms with Crippen molar-refractivity contribution in [1.29, 1.82) is 0 Å². The van der Waals surface area contributed by atoms with Crippen molar-refractivity contribution in [2.75, 3.05) is 0 Å². The predicted octanol–water partition coefficient (Wildman–Crippen LogP) is -1.96. The van der Waals surface area contributed by atoms with Crippen LogP contribution in [0.25, 0.3) is 0 Å². The van der Waals surface area contributed by atoms with Crippen molar-refractivity contribution < 1.29 is 23.2 Å². The molecule has 4 N–H and O–H groups in total. The molecule has 0 aromatic heterocycles. The zero-order chi connectivity index (χ0) is 7.71. The summed E-state index contributed by atoms with van der Waals surface area (Å²) in [6, 6.07) is 0. The number of rotatable bonds is 2.